The van der Waals surface area contributed by atoms with Crippen molar-refractivity contribution in [2.75, 3.05) is 28.6 Å². The molecule has 0 fully saturated rings. The van der Waals surface area contributed by atoms with Crippen molar-refractivity contribution < 1.29 is 9.59 Å². The molecule has 2 amide bonds. The second kappa shape index (κ2) is 9.55. The van der Waals surface area contributed by atoms with Crippen molar-refractivity contribution in [2.24, 2.45) is 0 Å². The van der Waals surface area contributed by atoms with E-state index >= 15 is 0 Å². The molecule has 3 aromatic rings. The van der Waals surface area contributed by atoms with E-state index in [1.807, 2.05) is 80.6 Å². The number of nitrogens with one attached hydrogen (secondary N) is 2. The number of para-hydroxylation sites is 1. The summed E-state index contributed by atoms with van der Waals surface area (Å²) in [5.74, 6) is -0.225. The zero-order chi connectivity index (χ0) is 20.6. The van der Waals surface area contributed by atoms with Crippen LogP contribution >= 0.6 is 0 Å². The van der Waals surface area contributed by atoms with Crippen molar-refractivity contribution in [2.45, 2.75) is 13.8 Å². The number of hydrogen-bond acceptors (Lipinski definition) is 3. The van der Waals surface area contributed by atoms with Gasteiger partial charge in [-0.2, -0.15) is 0 Å². The number of hydrogen-bond donors (Lipinski definition) is 2. The number of nitrogens with zero attached hydrogens (tertiary/aromatic N) is 1. The average Bonchev–Trinajstić information content (AvgIpc) is 2.75. The van der Waals surface area contributed by atoms with Crippen LogP contribution in [0.3, 0.4) is 0 Å². The molecule has 0 atom stereocenters. The highest BCUT2D eigenvalue weighted by Crippen LogP contribution is 2.19. The molecule has 2 N–H and O–H groups in total. The maximum absolute atomic E-state index is 13.0. The van der Waals surface area contributed by atoms with E-state index in [9.17, 15) is 9.59 Å². The predicted molar refractivity (Wildman–Crippen MR) is 119 cm³/mol. The number of carbonyl (C=O) groups is 2. The van der Waals surface area contributed by atoms with Crippen LogP contribution in [0.4, 0.5) is 17.1 Å². The van der Waals surface area contributed by atoms with Gasteiger partial charge in [-0.3, -0.25) is 9.59 Å². The minimum atomic E-state index is -0.148. The molecule has 0 unspecified atom stereocenters. The standard InChI is InChI=1S/C24H25N3O2/c1-3-27(22-10-5-4-6-11-22)24(29)19-8-7-9-21(16-19)25-17-23(28)26-20-14-12-18(2)13-15-20/h4-16,25H,3,17H2,1-2H3,(H,26,28). The van der Waals surface area contributed by atoms with Gasteiger partial charge in [0.05, 0.1) is 6.54 Å². The summed E-state index contributed by atoms with van der Waals surface area (Å²) in [5.41, 5.74) is 4.04. The first-order valence-electron chi connectivity index (χ1n) is 9.64. The Morgan fingerprint density at radius 3 is 2.28 bits per heavy atom. The van der Waals surface area contributed by atoms with Crippen LogP contribution in [0.5, 0.6) is 0 Å². The quantitative estimate of drug-likeness (QED) is 0.617. The van der Waals surface area contributed by atoms with Gasteiger partial charge in [-0.15, -0.1) is 0 Å². The van der Waals surface area contributed by atoms with Gasteiger partial charge in [0.1, 0.15) is 0 Å². The number of amides is 2. The van der Waals surface area contributed by atoms with Crippen molar-refractivity contribution in [3.8, 4) is 0 Å². The van der Waals surface area contributed by atoms with E-state index in [1.54, 1.807) is 17.0 Å². The number of aryl methyl sites for hydroxylation is 1. The Hall–Kier alpha value is -3.60. The summed E-state index contributed by atoms with van der Waals surface area (Å²) < 4.78 is 0. The molecule has 0 saturated carbocycles. The average molecular weight is 387 g/mol. The van der Waals surface area contributed by atoms with Gasteiger partial charge in [-0.1, -0.05) is 42.0 Å². The maximum atomic E-state index is 13.0. The molecule has 5 nitrogen and oxygen atoms in total. The molecule has 0 saturated heterocycles. The fourth-order valence-corrected chi connectivity index (χ4v) is 2.99. The lowest BCUT2D eigenvalue weighted by Crippen LogP contribution is -2.30. The van der Waals surface area contributed by atoms with E-state index in [1.165, 1.54) is 0 Å². The Balaban J connectivity index is 1.63. The molecule has 148 valence electrons. The van der Waals surface area contributed by atoms with Gasteiger partial charge in [0, 0.05) is 29.2 Å². The number of carbonyl (C=O) groups excluding carboxylic acids is 2. The van der Waals surface area contributed by atoms with Crippen LogP contribution in [-0.2, 0) is 4.79 Å². The van der Waals surface area contributed by atoms with E-state index in [-0.39, 0.29) is 18.4 Å². The van der Waals surface area contributed by atoms with Gasteiger partial charge in [-0.25, -0.2) is 0 Å². The second-order valence-corrected chi connectivity index (χ2v) is 6.73. The van der Waals surface area contributed by atoms with E-state index in [0.29, 0.717) is 12.1 Å². The molecule has 0 aromatic heterocycles. The first-order valence-corrected chi connectivity index (χ1v) is 9.64. The van der Waals surface area contributed by atoms with E-state index in [4.69, 9.17) is 0 Å². The normalized spacial score (nSPS) is 10.3. The number of anilines is 3. The predicted octanol–water partition coefficient (Wildman–Crippen LogP) is 4.71. The topological polar surface area (TPSA) is 61.4 Å². The third kappa shape index (κ3) is 5.45. The zero-order valence-corrected chi connectivity index (χ0v) is 16.7. The lowest BCUT2D eigenvalue weighted by molar-refractivity contribution is -0.114. The Morgan fingerprint density at radius 2 is 1.59 bits per heavy atom. The molecule has 3 aromatic carbocycles. The summed E-state index contributed by atoms with van der Waals surface area (Å²) in [7, 11) is 0. The first kappa shape index (κ1) is 20.1. The summed E-state index contributed by atoms with van der Waals surface area (Å²) in [6, 6.07) is 24.4. The SMILES string of the molecule is CCN(C(=O)c1cccc(NCC(=O)Nc2ccc(C)cc2)c1)c1ccccc1. The molecule has 0 bridgehead atoms. The zero-order valence-electron chi connectivity index (χ0n) is 16.7. The lowest BCUT2D eigenvalue weighted by Gasteiger charge is -2.21. The van der Waals surface area contributed by atoms with E-state index < -0.39 is 0 Å². The smallest absolute Gasteiger partial charge is 0.258 e. The molecule has 3 rings (SSSR count). The van der Waals surface area contributed by atoms with Crippen molar-refractivity contribution in [3.05, 3.63) is 90.0 Å². The lowest BCUT2D eigenvalue weighted by atomic mass is 10.1. The summed E-state index contributed by atoms with van der Waals surface area (Å²) in [6.45, 7) is 4.63. The highest BCUT2D eigenvalue weighted by Gasteiger charge is 2.16. The Morgan fingerprint density at radius 1 is 0.862 bits per heavy atom. The minimum absolute atomic E-state index is 0.0774. The molecule has 0 spiro atoms. The third-order valence-corrected chi connectivity index (χ3v) is 4.53. The number of benzene rings is 3. The molecule has 0 aliphatic carbocycles. The molecule has 0 aliphatic heterocycles. The monoisotopic (exact) mass is 387 g/mol. The van der Waals surface area contributed by atoms with Crippen LogP contribution in [-0.4, -0.2) is 24.9 Å². The van der Waals surface area contributed by atoms with Gasteiger partial charge in [0.25, 0.3) is 5.91 Å². The van der Waals surface area contributed by atoms with E-state index in [2.05, 4.69) is 10.6 Å². The molecule has 5 heteroatoms. The minimum Gasteiger partial charge on any atom is -0.376 e. The third-order valence-electron chi connectivity index (χ3n) is 4.53. The fraction of sp³-hybridized carbons (Fsp3) is 0.167. The van der Waals surface area contributed by atoms with Crippen molar-refractivity contribution >= 4 is 28.9 Å². The van der Waals surface area contributed by atoms with Gasteiger partial charge in [0.2, 0.25) is 5.91 Å². The molecule has 0 radical (unpaired) electrons. The first-order chi connectivity index (χ1) is 14.1. The number of rotatable bonds is 7. The van der Waals surface area contributed by atoms with Crippen LogP contribution in [0.1, 0.15) is 22.8 Å². The fourth-order valence-electron chi connectivity index (χ4n) is 2.99. The summed E-state index contributed by atoms with van der Waals surface area (Å²) in [4.78, 5) is 26.9. The molecule has 29 heavy (non-hydrogen) atoms. The summed E-state index contributed by atoms with van der Waals surface area (Å²) in [6.07, 6.45) is 0. The van der Waals surface area contributed by atoms with Crippen LogP contribution in [0.2, 0.25) is 0 Å². The Bertz CT molecular complexity index is 969. The molecule has 0 heterocycles. The van der Waals surface area contributed by atoms with Crippen molar-refractivity contribution in [1.29, 1.82) is 0 Å². The van der Waals surface area contributed by atoms with Gasteiger partial charge in [0.15, 0.2) is 0 Å². The van der Waals surface area contributed by atoms with E-state index in [0.717, 1.165) is 22.6 Å². The van der Waals surface area contributed by atoms with Crippen LogP contribution in [0.25, 0.3) is 0 Å². The highest BCUT2D eigenvalue weighted by atomic mass is 16.2. The van der Waals surface area contributed by atoms with Crippen molar-refractivity contribution in [1.82, 2.24) is 0 Å². The van der Waals surface area contributed by atoms with Gasteiger partial charge in [-0.05, 0) is 56.3 Å². The summed E-state index contributed by atoms with van der Waals surface area (Å²) in [5, 5.41) is 5.93. The van der Waals surface area contributed by atoms with Crippen LogP contribution in [0, 0.1) is 6.92 Å². The van der Waals surface area contributed by atoms with Crippen LogP contribution < -0.4 is 15.5 Å². The molecular weight excluding hydrogens is 362 g/mol. The van der Waals surface area contributed by atoms with Gasteiger partial charge >= 0.3 is 0 Å². The van der Waals surface area contributed by atoms with Gasteiger partial charge < -0.3 is 15.5 Å². The van der Waals surface area contributed by atoms with Crippen molar-refractivity contribution in [3.63, 3.8) is 0 Å². The second-order valence-electron chi connectivity index (χ2n) is 6.73. The Kier molecular flexibility index (Phi) is 6.63. The van der Waals surface area contributed by atoms with Crippen LogP contribution in [0.15, 0.2) is 78.9 Å². The highest BCUT2D eigenvalue weighted by molar-refractivity contribution is 6.06. The molecular formula is C24H25N3O2. The Labute approximate surface area is 171 Å². The summed E-state index contributed by atoms with van der Waals surface area (Å²) >= 11 is 0. The largest absolute Gasteiger partial charge is 0.376 e. The molecule has 0 aliphatic rings. The maximum Gasteiger partial charge on any atom is 0.258 e.